The van der Waals surface area contributed by atoms with Crippen molar-refractivity contribution in [1.29, 1.82) is 0 Å². The maximum absolute atomic E-state index is 10.5. The van der Waals surface area contributed by atoms with E-state index < -0.39 is 11.7 Å². The molecule has 0 spiro atoms. The molecule has 0 saturated heterocycles. The molecule has 2 unspecified atom stereocenters. The van der Waals surface area contributed by atoms with Crippen LogP contribution >= 0.6 is 0 Å². The average Bonchev–Trinajstić information content (AvgIpc) is 2.63. The standard InChI is InChI=1S/C20H27NO4/c1-4-23-16-8-6-15(7-9-16)20(3,19(22)14-21)25-18-12-10-17(11-13-18)24-5-2/h6-13,19,22H,4-5,14,21H2,1-3H3. The number of aliphatic hydroxyl groups is 1. The summed E-state index contributed by atoms with van der Waals surface area (Å²) in [7, 11) is 0. The van der Waals surface area contributed by atoms with Crippen molar-refractivity contribution < 1.29 is 19.3 Å². The summed E-state index contributed by atoms with van der Waals surface area (Å²) in [4.78, 5) is 0. The summed E-state index contributed by atoms with van der Waals surface area (Å²) in [5, 5.41) is 10.5. The predicted molar refractivity (Wildman–Crippen MR) is 98.3 cm³/mol. The second-order valence-corrected chi connectivity index (χ2v) is 5.82. The third kappa shape index (κ3) is 4.65. The predicted octanol–water partition coefficient (Wildman–Crippen LogP) is 3.10. The summed E-state index contributed by atoms with van der Waals surface area (Å²) in [6.07, 6.45) is -0.864. The number of hydrogen-bond acceptors (Lipinski definition) is 5. The van der Waals surface area contributed by atoms with Gasteiger partial charge in [0.15, 0.2) is 5.60 Å². The van der Waals surface area contributed by atoms with Gasteiger partial charge in [0.05, 0.1) is 13.2 Å². The molecule has 0 aliphatic heterocycles. The molecule has 2 atom stereocenters. The fourth-order valence-corrected chi connectivity index (χ4v) is 2.61. The molecule has 0 heterocycles. The summed E-state index contributed by atoms with van der Waals surface area (Å²) >= 11 is 0. The Morgan fingerprint density at radius 2 is 1.32 bits per heavy atom. The number of aliphatic hydroxyl groups excluding tert-OH is 1. The van der Waals surface area contributed by atoms with Gasteiger partial charge in [0, 0.05) is 6.54 Å². The Kier molecular flexibility index (Phi) is 6.67. The highest BCUT2D eigenvalue weighted by Crippen LogP contribution is 2.33. The monoisotopic (exact) mass is 345 g/mol. The van der Waals surface area contributed by atoms with Gasteiger partial charge < -0.3 is 25.1 Å². The van der Waals surface area contributed by atoms with Gasteiger partial charge in [0.25, 0.3) is 0 Å². The lowest BCUT2D eigenvalue weighted by Gasteiger charge is -2.35. The van der Waals surface area contributed by atoms with Crippen molar-refractivity contribution in [2.24, 2.45) is 5.73 Å². The van der Waals surface area contributed by atoms with Crippen LogP contribution < -0.4 is 19.9 Å². The zero-order valence-corrected chi connectivity index (χ0v) is 15.1. The van der Waals surface area contributed by atoms with Crippen LogP contribution in [0.15, 0.2) is 48.5 Å². The van der Waals surface area contributed by atoms with Crippen molar-refractivity contribution >= 4 is 0 Å². The van der Waals surface area contributed by atoms with Gasteiger partial charge in [0.1, 0.15) is 23.4 Å². The van der Waals surface area contributed by atoms with E-state index in [2.05, 4.69) is 0 Å². The maximum atomic E-state index is 10.5. The van der Waals surface area contributed by atoms with Gasteiger partial charge in [0.2, 0.25) is 0 Å². The molecule has 0 aliphatic rings. The highest BCUT2D eigenvalue weighted by atomic mass is 16.5. The van der Waals surface area contributed by atoms with Crippen LogP contribution in [0.25, 0.3) is 0 Å². The van der Waals surface area contributed by atoms with Crippen LogP contribution in [-0.2, 0) is 5.60 Å². The number of rotatable bonds is 9. The van der Waals surface area contributed by atoms with Gasteiger partial charge in [-0.15, -0.1) is 0 Å². The van der Waals surface area contributed by atoms with E-state index in [1.807, 2.05) is 69.3 Å². The first-order valence-corrected chi connectivity index (χ1v) is 8.56. The minimum absolute atomic E-state index is 0.0841. The lowest BCUT2D eigenvalue weighted by Crippen LogP contribution is -2.46. The van der Waals surface area contributed by atoms with Crippen molar-refractivity contribution in [3.8, 4) is 17.2 Å². The zero-order chi connectivity index (χ0) is 18.3. The minimum atomic E-state index is -0.980. The first-order valence-electron chi connectivity index (χ1n) is 8.56. The molecule has 25 heavy (non-hydrogen) atoms. The zero-order valence-electron chi connectivity index (χ0n) is 15.1. The van der Waals surface area contributed by atoms with Crippen LogP contribution in [0.4, 0.5) is 0 Å². The second-order valence-electron chi connectivity index (χ2n) is 5.82. The van der Waals surface area contributed by atoms with E-state index in [1.54, 1.807) is 0 Å². The summed E-state index contributed by atoms with van der Waals surface area (Å²) in [6.45, 7) is 6.99. The Balaban J connectivity index is 2.27. The van der Waals surface area contributed by atoms with Gasteiger partial charge in [-0.2, -0.15) is 0 Å². The van der Waals surface area contributed by atoms with E-state index in [0.29, 0.717) is 19.0 Å². The molecule has 0 fully saturated rings. The molecule has 5 nitrogen and oxygen atoms in total. The van der Waals surface area contributed by atoms with Gasteiger partial charge in [-0.1, -0.05) is 12.1 Å². The Hall–Kier alpha value is -2.24. The fraction of sp³-hybridized carbons (Fsp3) is 0.400. The summed E-state index contributed by atoms with van der Waals surface area (Å²) in [5.41, 5.74) is 5.56. The Morgan fingerprint density at radius 1 is 0.880 bits per heavy atom. The largest absolute Gasteiger partial charge is 0.494 e. The highest BCUT2D eigenvalue weighted by molar-refractivity contribution is 5.35. The third-order valence-corrected chi connectivity index (χ3v) is 4.06. The lowest BCUT2D eigenvalue weighted by atomic mass is 9.89. The van der Waals surface area contributed by atoms with Crippen LogP contribution in [-0.4, -0.2) is 31.0 Å². The molecule has 2 aromatic rings. The Bertz CT molecular complexity index is 642. The highest BCUT2D eigenvalue weighted by Gasteiger charge is 2.36. The minimum Gasteiger partial charge on any atom is -0.494 e. The van der Waals surface area contributed by atoms with Crippen molar-refractivity contribution in [2.45, 2.75) is 32.5 Å². The van der Waals surface area contributed by atoms with Gasteiger partial charge in [-0.3, -0.25) is 0 Å². The number of hydrogen-bond donors (Lipinski definition) is 2. The second kappa shape index (κ2) is 8.74. The normalized spacial score (nSPS) is 14.4. The Labute approximate surface area is 149 Å². The first kappa shape index (κ1) is 19.1. The molecular weight excluding hydrogens is 318 g/mol. The molecule has 2 rings (SSSR count). The van der Waals surface area contributed by atoms with E-state index in [1.165, 1.54) is 0 Å². The van der Waals surface area contributed by atoms with Crippen molar-refractivity contribution in [2.75, 3.05) is 19.8 Å². The lowest BCUT2D eigenvalue weighted by molar-refractivity contribution is -0.0410. The van der Waals surface area contributed by atoms with Crippen LogP contribution in [0, 0.1) is 0 Å². The van der Waals surface area contributed by atoms with Gasteiger partial charge in [-0.25, -0.2) is 0 Å². The third-order valence-electron chi connectivity index (χ3n) is 4.06. The van der Waals surface area contributed by atoms with E-state index in [-0.39, 0.29) is 6.54 Å². The SMILES string of the molecule is CCOc1ccc(OC(C)(c2ccc(OCC)cc2)C(O)CN)cc1. The van der Waals surface area contributed by atoms with Crippen LogP contribution in [0.1, 0.15) is 26.3 Å². The summed E-state index contributed by atoms with van der Waals surface area (Å²) < 4.78 is 17.1. The number of ether oxygens (including phenoxy) is 3. The number of nitrogens with two attached hydrogens (primary N) is 1. The molecule has 0 amide bonds. The average molecular weight is 345 g/mol. The number of benzene rings is 2. The van der Waals surface area contributed by atoms with E-state index in [4.69, 9.17) is 19.9 Å². The molecule has 0 saturated carbocycles. The fourth-order valence-electron chi connectivity index (χ4n) is 2.61. The molecule has 3 N–H and O–H groups in total. The Morgan fingerprint density at radius 3 is 1.76 bits per heavy atom. The maximum Gasteiger partial charge on any atom is 0.158 e. The molecule has 136 valence electrons. The summed E-state index contributed by atoms with van der Waals surface area (Å²) in [5.74, 6) is 2.18. The molecule has 0 bridgehead atoms. The van der Waals surface area contributed by atoms with Crippen LogP contribution in [0.2, 0.25) is 0 Å². The molecule has 0 radical (unpaired) electrons. The van der Waals surface area contributed by atoms with Gasteiger partial charge in [-0.05, 0) is 62.7 Å². The van der Waals surface area contributed by atoms with Crippen molar-refractivity contribution in [3.05, 3.63) is 54.1 Å². The molecule has 2 aromatic carbocycles. The summed E-state index contributed by atoms with van der Waals surface area (Å²) in [6, 6.07) is 14.8. The van der Waals surface area contributed by atoms with Crippen molar-refractivity contribution in [1.82, 2.24) is 0 Å². The van der Waals surface area contributed by atoms with Crippen LogP contribution in [0.3, 0.4) is 0 Å². The van der Waals surface area contributed by atoms with E-state index in [0.717, 1.165) is 17.1 Å². The smallest absolute Gasteiger partial charge is 0.158 e. The topological polar surface area (TPSA) is 73.9 Å². The molecule has 0 aliphatic carbocycles. The first-order chi connectivity index (χ1) is 12.0. The van der Waals surface area contributed by atoms with E-state index >= 15 is 0 Å². The molecular formula is C20H27NO4. The van der Waals surface area contributed by atoms with Gasteiger partial charge >= 0.3 is 0 Å². The molecule has 0 aromatic heterocycles. The molecule has 5 heteroatoms. The quantitative estimate of drug-likeness (QED) is 0.730. The van der Waals surface area contributed by atoms with E-state index in [9.17, 15) is 5.11 Å². The van der Waals surface area contributed by atoms with Crippen LogP contribution in [0.5, 0.6) is 17.2 Å². The van der Waals surface area contributed by atoms with Crippen molar-refractivity contribution in [3.63, 3.8) is 0 Å².